The van der Waals surface area contributed by atoms with Crippen LogP contribution in [0.1, 0.15) is 29.7 Å². The number of rotatable bonds is 7. The van der Waals surface area contributed by atoms with E-state index in [2.05, 4.69) is 46.5 Å². The van der Waals surface area contributed by atoms with Crippen LogP contribution in [0.5, 0.6) is 0 Å². The predicted molar refractivity (Wildman–Crippen MR) is 133 cm³/mol. The van der Waals surface area contributed by atoms with Crippen molar-refractivity contribution in [3.8, 4) is 17.1 Å². The lowest BCUT2D eigenvalue weighted by molar-refractivity contribution is -0.119. The van der Waals surface area contributed by atoms with Crippen molar-refractivity contribution in [3.05, 3.63) is 88.7 Å². The van der Waals surface area contributed by atoms with E-state index in [0.29, 0.717) is 16.0 Å². The number of aryl methyl sites for hydroxylation is 2. The SMILES string of the molecule is Cc1ccc(-n2c(SCC(=O)NC(C)c3ccc(Cl)cc3)nnc2-c2ccncc2)cc1C. The number of nitrogens with one attached hydrogen (secondary N) is 1. The zero-order valence-electron chi connectivity index (χ0n) is 18.6. The molecule has 33 heavy (non-hydrogen) atoms. The molecule has 2 aromatic heterocycles. The lowest BCUT2D eigenvalue weighted by atomic mass is 10.1. The minimum absolute atomic E-state index is 0.0810. The van der Waals surface area contributed by atoms with Gasteiger partial charge in [0.15, 0.2) is 11.0 Å². The van der Waals surface area contributed by atoms with Crippen LogP contribution < -0.4 is 5.32 Å². The van der Waals surface area contributed by atoms with E-state index in [9.17, 15) is 4.79 Å². The van der Waals surface area contributed by atoms with Gasteiger partial charge in [-0.25, -0.2) is 0 Å². The van der Waals surface area contributed by atoms with Gasteiger partial charge in [0.1, 0.15) is 0 Å². The molecule has 0 saturated heterocycles. The Balaban J connectivity index is 1.56. The van der Waals surface area contributed by atoms with Gasteiger partial charge in [0.2, 0.25) is 5.91 Å². The number of pyridine rings is 1. The largest absolute Gasteiger partial charge is 0.349 e. The number of aromatic nitrogens is 4. The van der Waals surface area contributed by atoms with Gasteiger partial charge in [0.05, 0.1) is 17.5 Å². The summed E-state index contributed by atoms with van der Waals surface area (Å²) in [5, 5.41) is 13.2. The van der Waals surface area contributed by atoms with Crippen molar-refractivity contribution in [2.75, 3.05) is 5.75 Å². The van der Waals surface area contributed by atoms with Crippen LogP contribution in [0.15, 0.2) is 72.1 Å². The third-order valence-electron chi connectivity index (χ3n) is 5.40. The van der Waals surface area contributed by atoms with E-state index in [4.69, 9.17) is 11.6 Å². The van der Waals surface area contributed by atoms with E-state index >= 15 is 0 Å². The summed E-state index contributed by atoms with van der Waals surface area (Å²) in [5.74, 6) is 0.845. The Morgan fingerprint density at radius 2 is 1.76 bits per heavy atom. The Morgan fingerprint density at radius 3 is 2.45 bits per heavy atom. The minimum atomic E-state index is -0.125. The molecule has 0 saturated carbocycles. The fourth-order valence-electron chi connectivity index (χ4n) is 3.40. The highest BCUT2D eigenvalue weighted by Gasteiger charge is 2.18. The van der Waals surface area contributed by atoms with Crippen LogP contribution in [-0.4, -0.2) is 31.4 Å². The highest BCUT2D eigenvalue weighted by atomic mass is 35.5. The van der Waals surface area contributed by atoms with Crippen LogP contribution in [0.4, 0.5) is 0 Å². The molecule has 0 bridgehead atoms. The fourth-order valence-corrected chi connectivity index (χ4v) is 4.29. The second kappa shape index (κ2) is 10.2. The summed E-state index contributed by atoms with van der Waals surface area (Å²) in [6, 6.07) is 17.4. The molecule has 0 aliphatic heterocycles. The summed E-state index contributed by atoms with van der Waals surface area (Å²) in [7, 11) is 0. The zero-order chi connectivity index (χ0) is 23.4. The number of hydrogen-bond acceptors (Lipinski definition) is 5. The third kappa shape index (κ3) is 5.43. The minimum Gasteiger partial charge on any atom is -0.349 e. The first kappa shape index (κ1) is 23.0. The molecule has 0 aliphatic rings. The molecule has 2 aromatic carbocycles. The number of nitrogens with zero attached hydrogens (tertiary/aromatic N) is 4. The van der Waals surface area contributed by atoms with Crippen LogP contribution in [0, 0.1) is 13.8 Å². The van der Waals surface area contributed by atoms with Gasteiger partial charge in [-0.15, -0.1) is 10.2 Å². The van der Waals surface area contributed by atoms with Crippen LogP contribution >= 0.6 is 23.4 Å². The number of carbonyl (C=O) groups is 1. The Kier molecular flexibility index (Phi) is 7.11. The van der Waals surface area contributed by atoms with Crippen molar-refractivity contribution in [2.45, 2.75) is 32.0 Å². The van der Waals surface area contributed by atoms with E-state index < -0.39 is 0 Å². The number of halogens is 1. The lowest BCUT2D eigenvalue weighted by Crippen LogP contribution is -2.28. The second-order valence-electron chi connectivity index (χ2n) is 7.78. The quantitative estimate of drug-likeness (QED) is 0.352. The smallest absolute Gasteiger partial charge is 0.230 e. The summed E-state index contributed by atoms with van der Waals surface area (Å²) >= 11 is 7.32. The number of amides is 1. The molecule has 2 heterocycles. The van der Waals surface area contributed by atoms with Crippen molar-refractivity contribution in [1.82, 2.24) is 25.1 Å². The van der Waals surface area contributed by atoms with Crippen LogP contribution in [0.3, 0.4) is 0 Å². The molecule has 0 radical (unpaired) electrons. The molecule has 1 N–H and O–H groups in total. The van der Waals surface area contributed by atoms with Gasteiger partial charge in [0.25, 0.3) is 0 Å². The van der Waals surface area contributed by atoms with Gasteiger partial charge in [-0.1, -0.05) is 41.6 Å². The first-order chi connectivity index (χ1) is 15.9. The third-order valence-corrected chi connectivity index (χ3v) is 6.58. The second-order valence-corrected chi connectivity index (χ2v) is 9.15. The molecule has 8 heteroatoms. The van der Waals surface area contributed by atoms with Gasteiger partial charge < -0.3 is 5.32 Å². The molecule has 0 fully saturated rings. The Hall–Kier alpha value is -3.16. The highest BCUT2D eigenvalue weighted by molar-refractivity contribution is 7.99. The van der Waals surface area contributed by atoms with Gasteiger partial charge >= 0.3 is 0 Å². The first-order valence-corrected chi connectivity index (χ1v) is 11.9. The molecule has 1 unspecified atom stereocenters. The molecule has 0 aliphatic carbocycles. The van der Waals surface area contributed by atoms with Gasteiger partial charge in [-0.2, -0.15) is 0 Å². The number of benzene rings is 2. The molecular formula is C25H24ClN5OS. The molecule has 6 nitrogen and oxygen atoms in total. The molecular weight excluding hydrogens is 454 g/mol. The molecule has 168 valence electrons. The number of carbonyl (C=O) groups excluding carboxylic acids is 1. The summed E-state index contributed by atoms with van der Waals surface area (Å²) in [6.45, 7) is 6.11. The Bertz CT molecular complexity index is 1260. The van der Waals surface area contributed by atoms with E-state index in [0.717, 1.165) is 16.8 Å². The average Bonchev–Trinajstić information content (AvgIpc) is 3.24. The maximum absolute atomic E-state index is 12.7. The standard InChI is InChI=1S/C25H24ClN5OS/c1-16-4-9-22(14-17(16)2)31-24(20-10-12-27-13-11-20)29-30-25(31)33-15-23(32)28-18(3)19-5-7-21(26)8-6-19/h4-14,18H,15H2,1-3H3,(H,28,32). The van der Waals surface area contributed by atoms with Crippen molar-refractivity contribution >= 4 is 29.3 Å². The van der Waals surface area contributed by atoms with Crippen molar-refractivity contribution in [3.63, 3.8) is 0 Å². The predicted octanol–water partition coefficient (Wildman–Crippen LogP) is 5.57. The average molecular weight is 478 g/mol. The number of hydrogen-bond donors (Lipinski definition) is 1. The van der Waals surface area contributed by atoms with Crippen molar-refractivity contribution in [2.24, 2.45) is 0 Å². The Labute approximate surface area is 202 Å². The summed E-state index contributed by atoms with van der Waals surface area (Å²) in [4.78, 5) is 16.8. The topological polar surface area (TPSA) is 72.7 Å². The van der Waals surface area contributed by atoms with Crippen LogP contribution in [0.2, 0.25) is 5.02 Å². The maximum atomic E-state index is 12.7. The lowest BCUT2D eigenvalue weighted by Gasteiger charge is -2.15. The van der Waals surface area contributed by atoms with Crippen LogP contribution in [0.25, 0.3) is 17.1 Å². The summed E-state index contributed by atoms with van der Waals surface area (Å²) < 4.78 is 1.99. The van der Waals surface area contributed by atoms with E-state index in [1.54, 1.807) is 12.4 Å². The summed E-state index contributed by atoms with van der Waals surface area (Å²) in [6.07, 6.45) is 3.46. The van der Waals surface area contributed by atoms with Gasteiger partial charge in [-0.05, 0) is 73.9 Å². The maximum Gasteiger partial charge on any atom is 0.230 e. The van der Waals surface area contributed by atoms with Gasteiger partial charge in [-0.3, -0.25) is 14.3 Å². The van der Waals surface area contributed by atoms with Crippen LogP contribution in [-0.2, 0) is 4.79 Å². The zero-order valence-corrected chi connectivity index (χ0v) is 20.2. The first-order valence-electron chi connectivity index (χ1n) is 10.5. The number of thioether (sulfide) groups is 1. The van der Waals surface area contributed by atoms with E-state index in [-0.39, 0.29) is 17.7 Å². The summed E-state index contributed by atoms with van der Waals surface area (Å²) in [5.41, 5.74) is 5.24. The monoisotopic (exact) mass is 477 g/mol. The normalized spacial score (nSPS) is 11.9. The molecule has 4 rings (SSSR count). The molecule has 1 amide bonds. The van der Waals surface area contributed by atoms with Crippen molar-refractivity contribution < 1.29 is 4.79 Å². The van der Waals surface area contributed by atoms with Gasteiger partial charge in [0, 0.05) is 23.0 Å². The van der Waals surface area contributed by atoms with E-state index in [1.807, 2.05) is 54.0 Å². The molecule has 1 atom stereocenters. The van der Waals surface area contributed by atoms with Crippen molar-refractivity contribution in [1.29, 1.82) is 0 Å². The fraction of sp³-hybridized carbons (Fsp3) is 0.200. The molecule has 4 aromatic rings. The Morgan fingerprint density at radius 1 is 1.03 bits per heavy atom. The highest BCUT2D eigenvalue weighted by Crippen LogP contribution is 2.28. The molecule has 0 spiro atoms. The van der Waals surface area contributed by atoms with E-state index in [1.165, 1.54) is 22.9 Å².